The second-order valence-electron chi connectivity index (χ2n) is 3.58. The van der Waals surface area contributed by atoms with Crippen LogP contribution in [0.25, 0.3) is 0 Å². The maximum absolute atomic E-state index is 9.55. The molecule has 5 heteroatoms. The highest BCUT2D eigenvalue weighted by Gasteiger charge is 2.01. The molecule has 0 rings (SSSR count). The molecular formula is C12H21ClO4. The molecule has 0 aromatic carbocycles. The summed E-state index contributed by atoms with van der Waals surface area (Å²) in [6.07, 6.45) is 6.31. The number of aliphatic carboxylic acids is 2. The van der Waals surface area contributed by atoms with Crippen molar-refractivity contribution in [1.82, 2.24) is 0 Å². The van der Waals surface area contributed by atoms with Crippen LogP contribution in [0.5, 0.6) is 0 Å². The van der Waals surface area contributed by atoms with Crippen LogP contribution in [0.2, 0.25) is 0 Å². The number of rotatable bonds is 7. The number of carbonyl (C=O) groups is 2. The maximum Gasteiger partial charge on any atom is 0.328 e. The van der Waals surface area contributed by atoms with Crippen molar-refractivity contribution in [2.45, 2.75) is 39.5 Å². The quantitative estimate of drug-likeness (QED) is 0.547. The second kappa shape index (κ2) is 13.0. The molecule has 0 bridgehead atoms. The number of halogens is 1. The van der Waals surface area contributed by atoms with Gasteiger partial charge in [0.1, 0.15) is 0 Å². The first-order valence-electron chi connectivity index (χ1n) is 5.67. The van der Waals surface area contributed by atoms with Crippen molar-refractivity contribution in [2.24, 2.45) is 5.92 Å². The Balaban J connectivity index is 0. The molecule has 0 spiro atoms. The third kappa shape index (κ3) is 17.6. The number of carboxylic acids is 2. The third-order valence-corrected chi connectivity index (χ3v) is 2.57. The molecule has 4 nitrogen and oxygen atoms in total. The minimum atomic E-state index is -1.26. The molecule has 100 valence electrons. The summed E-state index contributed by atoms with van der Waals surface area (Å²) in [6, 6.07) is 0. The minimum absolute atomic E-state index is 0.558. The Kier molecular flexibility index (Phi) is 14.1. The van der Waals surface area contributed by atoms with Crippen LogP contribution in [0, 0.1) is 5.92 Å². The number of carboxylic acid groups (broad SMARTS) is 2. The molecule has 0 aromatic rings. The molecule has 0 heterocycles. The Labute approximate surface area is 107 Å². The van der Waals surface area contributed by atoms with Crippen LogP contribution in [0.1, 0.15) is 39.5 Å². The van der Waals surface area contributed by atoms with Gasteiger partial charge >= 0.3 is 11.9 Å². The molecular weight excluding hydrogens is 244 g/mol. The number of alkyl halides is 1. The zero-order valence-electron chi connectivity index (χ0n) is 10.4. The molecule has 17 heavy (non-hydrogen) atoms. The van der Waals surface area contributed by atoms with Crippen LogP contribution in [0.15, 0.2) is 12.2 Å². The highest BCUT2D eigenvalue weighted by atomic mass is 35.5. The first-order valence-corrected chi connectivity index (χ1v) is 6.21. The topological polar surface area (TPSA) is 74.6 Å². The molecule has 0 saturated heterocycles. The fraction of sp³-hybridized carbons (Fsp3) is 0.667. The number of hydrogen-bond acceptors (Lipinski definition) is 2. The first kappa shape index (κ1) is 18.3. The van der Waals surface area contributed by atoms with Gasteiger partial charge in [-0.1, -0.05) is 33.1 Å². The molecule has 1 atom stereocenters. The monoisotopic (exact) mass is 264 g/mol. The average Bonchev–Trinajstić information content (AvgIpc) is 2.29. The van der Waals surface area contributed by atoms with Gasteiger partial charge in [-0.2, -0.15) is 0 Å². The molecule has 0 aliphatic heterocycles. The van der Waals surface area contributed by atoms with E-state index in [0.717, 1.165) is 11.8 Å². The van der Waals surface area contributed by atoms with Crippen molar-refractivity contribution >= 4 is 23.5 Å². The largest absolute Gasteiger partial charge is 0.478 e. The van der Waals surface area contributed by atoms with Gasteiger partial charge in [0.2, 0.25) is 0 Å². The lowest BCUT2D eigenvalue weighted by Crippen LogP contribution is -1.99. The van der Waals surface area contributed by atoms with E-state index in [1.165, 1.54) is 25.7 Å². The minimum Gasteiger partial charge on any atom is -0.478 e. The highest BCUT2D eigenvalue weighted by Crippen LogP contribution is 2.13. The van der Waals surface area contributed by atoms with E-state index in [-0.39, 0.29) is 0 Å². The third-order valence-electron chi connectivity index (χ3n) is 2.13. The van der Waals surface area contributed by atoms with Crippen molar-refractivity contribution < 1.29 is 19.8 Å². The van der Waals surface area contributed by atoms with E-state index in [1.807, 2.05) is 0 Å². The molecule has 0 saturated carbocycles. The van der Waals surface area contributed by atoms with Crippen LogP contribution in [0.3, 0.4) is 0 Å². The molecule has 0 aromatic heterocycles. The van der Waals surface area contributed by atoms with E-state index in [1.54, 1.807) is 0 Å². The molecule has 2 N–H and O–H groups in total. The Morgan fingerprint density at radius 1 is 1.18 bits per heavy atom. The van der Waals surface area contributed by atoms with E-state index < -0.39 is 11.9 Å². The Bertz CT molecular complexity index is 219. The van der Waals surface area contributed by atoms with Crippen molar-refractivity contribution in [1.29, 1.82) is 0 Å². The summed E-state index contributed by atoms with van der Waals surface area (Å²) in [5.41, 5.74) is 0. The lowest BCUT2D eigenvalue weighted by atomic mass is 10.0. The molecule has 0 aliphatic carbocycles. The fourth-order valence-corrected chi connectivity index (χ4v) is 1.40. The normalized spacial score (nSPS) is 11.7. The highest BCUT2D eigenvalue weighted by molar-refractivity contribution is 6.18. The Morgan fingerprint density at radius 2 is 1.65 bits per heavy atom. The molecule has 1 unspecified atom stereocenters. The molecule has 0 radical (unpaired) electrons. The Hall–Kier alpha value is -1.03. The van der Waals surface area contributed by atoms with Crippen molar-refractivity contribution in [3.05, 3.63) is 12.2 Å². The molecule has 0 amide bonds. The standard InChI is InChI=1S/C8H17Cl.C4H4O4/c1-3-5-6-8(4-2)7-9;5-3(6)1-2-4(7)8/h8H,3-7H2,1-2H3;1-2H,(H,5,6)(H,7,8)/b;2-1-. The van der Waals surface area contributed by atoms with Crippen molar-refractivity contribution in [2.75, 3.05) is 5.88 Å². The van der Waals surface area contributed by atoms with Gasteiger partial charge < -0.3 is 10.2 Å². The van der Waals surface area contributed by atoms with Crippen LogP contribution in [-0.2, 0) is 9.59 Å². The van der Waals surface area contributed by atoms with Gasteiger partial charge in [0.15, 0.2) is 0 Å². The van der Waals surface area contributed by atoms with Gasteiger partial charge in [0.25, 0.3) is 0 Å². The van der Waals surface area contributed by atoms with E-state index in [0.29, 0.717) is 12.2 Å². The van der Waals surface area contributed by atoms with E-state index in [4.69, 9.17) is 21.8 Å². The van der Waals surface area contributed by atoms with Gasteiger partial charge in [-0.15, -0.1) is 11.6 Å². The summed E-state index contributed by atoms with van der Waals surface area (Å²) in [4.78, 5) is 19.1. The number of hydrogen-bond donors (Lipinski definition) is 2. The average molecular weight is 265 g/mol. The summed E-state index contributed by atoms with van der Waals surface area (Å²) < 4.78 is 0. The Morgan fingerprint density at radius 3 is 1.88 bits per heavy atom. The maximum atomic E-state index is 9.55. The van der Waals surface area contributed by atoms with Gasteiger partial charge in [-0.3, -0.25) is 0 Å². The zero-order chi connectivity index (χ0) is 13.7. The van der Waals surface area contributed by atoms with E-state index >= 15 is 0 Å². The predicted molar refractivity (Wildman–Crippen MR) is 68.4 cm³/mol. The molecule has 0 aliphatic rings. The van der Waals surface area contributed by atoms with Crippen molar-refractivity contribution in [3.63, 3.8) is 0 Å². The van der Waals surface area contributed by atoms with Gasteiger partial charge in [-0.25, -0.2) is 9.59 Å². The fourth-order valence-electron chi connectivity index (χ4n) is 1.03. The van der Waals surface area contributed by atoms with Gasteiger partial charge in [0.05, 0.1) is 0 Å². The lowest BCUT2D eigenvalue weighted by molar-refractivity contribution is -0.134. The summed E-state index contributed by atoms with van der Waals surface area (Å²) in [5.74, 6) is -0.900. The van der Waals surface area contributed by atoms with E-state index in [9.17, 15) is 9.59 Å². The predicted octanol–water partition coefficient (Wildman–Crippen LogP) is 3.15. The lowest BCUT2D eigenvalue weighted by Gasteiger charge is -2.08. The molecule has 0 fully saturated rings. The first-order chi connectivity index (χ1) is 7.97. The van der Waals surface area contributed by atoms with Crippen LogP contribution >= 0.6 is 11.6 Å². The van der Waals surface area contributed by atoms with Crippen molar-refractivity contribution in [3.8, 4) is 0 Å². The second-order valence-corrected chi connectivity index (χ2v) is 3.89. The summed E-state index contributed by atoms with van der Waals surface area (Å²) in [7, 11) is 0. The number of unbranched alkanes of at least 4 members (excludes halogenated alkanes) is 1. The summed E-state index contributed by atoms with van der Waals surface area (Å²) >= 11 is 5.70. The summed E-state index contributed by atoms with van der Waals surface area (Å²) in [5, 5.41) is 15.6. The van der Waals surface area contributed by atoms with Gasteiger partial charge in [0, 0.05) is 18.0 Å². The SMILES string of the molecule is CCCCC(CC)CCl.O=C(O)/C=C\C(=O)O. The van der Waals surface area contributed by atoms with Crippen LogP contribution < -0.4 is 0 Å². The smallest absolute Gasteiger partial charge is 0.328 e. The summed E-state index contributed by atoms with van der Waals surface area (Å²) in [6.45, 7) is 4.43. The van der Waals surface area contributed by atoms with Gasteiger partial charge in [-0.05, 0) is 12.3 Å². The zero-order valence-corrected chi connectivity index (χ0v) is 11.1. The van der Waals surface area contributed by atoms with Crippen LogP contribution in [0.4, 0.5) is 0 Å². The van der Waals surface area contributed by atoms with Crippen LogP contribution in [-0.4, -0.2) is 28.0 Å². The van der Waals surface area contributed by atoms with E-state index in [2.05, 4.69) is 13.8 Å².